The zero-order chi connectivity index (χ0) is 14.8. The minimum atomic E-state index is 0. The van der Waals surface area contributed by atoms with Gasteiger partial charge in [-0.1, -0.05) is 13.8 Å². The summed E-state index contributed by atoms with van der Waals surface area (Å²) in [4.78, 5) is 24.0. The Morgan fingerprint density at radius 2 is 1.00 bits per heavy atom. The largest absolute Gasteiger partial charge is 2.00 e. The Morgan fingerprint density at radius 1 is 0.737 bits per heavy atom. The molecule has 2 aromatic rings. The van der Waals surface area contributed by atoms with E-state index in [2.05, 4.69) is 38.1 Å². The van der Waals surface area contributed by atoms with E-state index in [1.807, 2.05) is 44.6 Å². The summed E-state index contributed by atoms with van der Waals surface area (Å²) in [5.74, 6) is 0. The van der Waals surface area contributed by atoms with Crippen molar-refractivity contribution in [2.75, 3.05) is 0 Å². The van der Waals surface area contributed by atoms with Crippen molar-refractivity contribution < 1.29 is 31.5 Å². The monoisotopic (exact) mass is 303 g/mol. The van der Waals surface area contributed by atoms with Crippen LogP contribution in [-0.4, -0.2) is 20.4 Å². The van der Waals surface area contributed by atoms with Gasteiger partial charge in [-0.15, -0.1) is 0 Å². The van der Waals surface area contributed by atoms with Gasteiger partial charge < -0.3 is 14.4 Å². The third kappa shape index (κ3) is 22.0. The van der Waals surface area contributed by atoms with Gasteiger partial charge in [-0.3, -0.25) is 0 Å². The Labute approximate surface area is 125 Å². The van der Waals surface area contributed by atoms with Crippen molar-refractivity contribution in [3.63, 3.8) is 0 Å². The Morgan fingerprint density at radius 3 is 1.05 bits per heavy atom. The maximum Gasteiger partial charge on any atom is 2.00 e. The van der Waals surface area contributed by atoms with Gasteiger partial charge >= 0.3 is 17.1 Å². The van der Waals surface area contributed by atoms with Crippen molar-refractivity contribution in [1.82, 2.24) is 0 Å². The van der Waals surface area contributed by atoms with Gasteiger partial charge in [0.15, 0.2) is 0 Å². The first kappa shape index (κ1) is 25.9. The van der Waals surface area contributed by atoms with E-state index in [4.69, 9.17) is 14.4 Å². The van der Waals surface area contributed by atoms with Crippen LogP contribution in [0.4, 0.5) is 0 Å². The van der Waals surface area contributed by atoms with Gasteiger partial charge in [-0.05, 0) is 0 Å². The van der Waals surface area contributed by atoms with E-state index >= 15 is 0 Å². The van der Waals surface area contributed by atoms with E-state index in [0.29, 0.717) is 0 Å². The first-order valence-corrected chi connectivity index (χ1v) is 5.02. The molecule has 0 heterocycles. The Balaban J connectivity index is -0.0000000825. The number of carbonyl (C=O) groups is 3. The van der Waals surface area contributed by atoms with Gasteiger partial charge in [0.05, 0.1) is 0 Å². The minimum absolute atomic E-state index is 0. The second-order valence-corrected chi connectivity index (χ2v) is 2.92. The molecule has 0 N–H and O–H groups in total. The Bertz CT molecular complexity index is 291. The van der Waals surface area contributed by atoms with Crippen LogP contribution in [0.2, 0.25) is 0 Å². The molecule has 0 saturated heterocycles. The molecule has 0 atom stereocenters. The molecule has 0 aliphatic heterocycles. The third-order valence-electron chi connectivity index (χ3n) is 1.66. The van der Waals surface area contributed by atoms with E-state index in [-0.39, 0.29) is 17.1 Å². The van der Waals surface area contributed by atoms with Crippen LogP contribution in [0.5, 0.6) is 0 Å². The number of hydrogen-bond donors (Lipinski definition) is 0. The van der Waals surface area contributed by atoms with E-state index in [1.54, 1.807) is 0 Å². The predicted molar refractivity (Wildman–Crippen MR) is 74.9 cm³/mol. The normalized spacial score (nSPS) is 6.21. The molecular formula is C15H20MnO3. The molecule has 0 aromatic heterocycles. The molecule has 105 valence electrons. The summed E-state index contributed by atoms with van der Waals surface area (Å²) >= 11 is 0. The van der Waals surface area contributed by atoms with Crippen LogP contribution < -0.4 is 0 Å². The summed E-state index contributed by atoms with van der Waals surface area (Å²) in [6.07, 6.45) is 0. The third-order valence-corrected chi connectivity index (χ3v) is 1.66. The van der Waals surface area contributed by atoms with E-state index in [9.17, 15) is 0 Å². The van der Waals surface area contributed by atoms with Gasteiger partial charge in [0.2, 0.25) is 0 Å². The molecule has 1 radical (unpaired) electrons. The van der Waals surface area contributed by atoms with Crippen LogP contribution in [-0.2, 0) is 31.5 Å². The predicted octanol–water partition coefficient (Wildman–Crippen LogP) is 2.87. The van der Waals surface area contributed by atoms with Crippen molar-refractivity contribution in [2.24, 2.45) is 0 Å². The van der Waals surface area contributed by atoms with Gasteiger partial charge in [0.1, 0.15) is 20.4 Å². The molecular weight excluding hydrogens is 283 g/mol. The maximum atomic E-state index is 8.00. The molecule has 0 aliphatic carbocycles. The van der Waals surface area contributed by atoms with Crippen molar-refractivity contribution in [3.8, 4) is 0 Å². The summed E-state index contributed by atoms with van der Waals surface area (Å²) in [6.45, 7) is 10.2. The van der Waals surface area contributed by atoms with Crippen LogP contribution >= 0.6 is 0 Å². The fourth-order valence-corrected chi connectivity index (χ4v) is 0.940. The standard InChI is InChI=1S/2C6H7.3CH2O.Mn/c2*1-6-4-2-3-5-6;3*1-2;/h2*2-5H,1H3;3*1H2;/q2*-1;;;;+2. The summed E-state index contributed by atoms with van der Waals surface area (Å²) in [6, 6.07) is 16.5. The SMILES string of the molecule is C=O.C=O.C=O.Cc1ccc[cH-]1.Cc1ccc[cH-]1.[Mn+2]. The first-order valence-electron chi connectivity index (χ1n) is 5.02. The Kier molecular flexibility index (Phi) is 34.3. The van der Waals surface area contributed by atoms with E-state index < -0.39 is 0 Å². The Hall–Kier alpha value is -1.77. The molecule has 2 aromatic carbocycles. The second-order valence-electron chi connectivity index (χ2n) is 2.92. The molecule has 4 heteroatoms. The van der Waals surface area contributed by atoms with Crippen molar-refractivity contribution in [2.45, 2.75) is 13.8 Å². The molecule has 0 bridgehead atoms. The van der Waals surface area contributed by atoms with E-state index in [1.165, 1.54) is 11.1 Å². The summed E-state index contributed by atoms with van der Waals surface area (Å²) < 4.78 is 0. The van der Waals surface area contributed by atoms with Crippen LogP contribution in [0.25, 0.3) is 0 Å². The zero-order valence-corrected chi connectivity index (χ0v) is 12.5. The van der Waals surface area contributed by atoms with Gasteiger partial charge in [0.25, 0.3) is 0 Å². The summed E-state index contributed by atoms with van der Waals surface area (Å²) in [5.41, 5.74) is 2.69. The molecule has 19 heavy (non-hydrogen) atoms. The summed E-state index contributed by atoms with van der Waals surface area (Å²) in [7, 11) is 0. The molecule has 0 amide bonds. The number of aryl methyl sites for hydroxylation is 2. The van der Waals surface area contributed by atoms with Crippen molar-refractivity contribution in [1.29, 1.82) is 0 Å². The van der Waals surface area contributed by atoms with Gasteiger partial charge in [0, 0.05) is 0 Å². The average Bonchev–Trinajstić information content (AvgIpc) is 3.11. The number of rotatable bonds is 0. The van der Waals surface area contributed by atoms with Crippen molar-refractivity contribution >= 4 is 20.4 Å². The smallest absolute Gasteiger partial charge is 0.307 e. The molecule has 0 spiro atoms. The quantitative estimate of drug-likeness (QED) is 0.555. The summed E-state index contributed by atoms with van der Waals surface area (Å²) in [5, 5.41) is 0. The second kappa shape index (κ2) is 25.2. The van der Waals surface area contributed by atoms with Crippen molar-refractivity contribution in [3.05, 3.63) is 59.7 Å². The minimum Gasteiger partial charge on any atom is -0.307 e. The maximum absolute atomic E-state index is 8.00. The molecule has 0 aliphatic rings. The average molecular weight is 303 g/mol. The molecule has 0 unspecified atom stereocenters. The number of hydrogen-bond acceptors (Lipinski definition) is 3. The van der Waals surface area contributed by atoms with Crippen LogP contribution in [0, 0.1) is 13.8 Å². The molecule has 0 saturated carbocycles. The van der Waals surface area contributed by atoms with Crippen LogP contribution in [0.15, 0.2) is 48.5 Å². The van der Waals surface area contributed by atoms with Crippen LogP contribution in [0.3, 0.4) is 0 Å². The van der Waals surface area contributed by atoms with Gasteiger partial charge in [-0.25, -0.2) is 24.3 Å². The topological polar surface area (TPSA) is 51.2 Å². The van der Waals surface area contributed by atoms with Crippen LogP contribution in [0.1, 0.15) is 11.1 Å². The molecule has 0 fully saturated rings. The molecule has 3 nitrogen and oxygen atoms in total. The fourth-order valence-electron chi connectivity index (χ4n) is 0.940. The molecule has 2 rings (SSSR count). The van der Waals surface area contributed by atoms with E-state index in [0.717, 1.165) is 0 Å². The zero-order valence-electron chi connectivity index (χ0n) is 11.3. The number of carbonyl (C=O) groups excluding carboxylic acids is 3. The van der Waals surface area contributed by atoms with Gasteiger partial charge in [-0.2, -0.15) is 35.4 Å². The fraction of sp³-hybridized carbons (Fsp3) is 0.133. The first-order chi connectivity index (χ1) is 8.79.